The van der Waals surface area contributed by atoms with E-state index in [1.807, 2.05) is 0 Å². The summed E-state index contributed by atoms with van der Waals surface area (Å²) < 4.78 is 31.6. The van der Waals surface area contributed by atoms with E-state index in [4.69, 9.17) is 10.5 Å². The molecule has 0 aliphatic heterocycles. The van der Waals surface area contributed by atoms with E-state index < -0.39 is 23.2 Å². The van der Waals surface area contributed by atoms with Gasteiger partial charge in [0.25, 0.3) is 5.92 Å². The van der Waals surface area contributed by atoms with Crippen LogP contribution in [-0.4, -0.2) is 17.6 Å². The van der Waals surface area contributed by atoms with Crippen LogP contribution in [0.2, 0.25) is 0 Å². The number of amides is 1. The predicted molar refractivity (Wildman–Crippen MR) is 71.7 cm³/mol. The Bertz CT molecular complexity index is 540. The van der Waals surface area contributed by atoms with Crippen molar-refractivity contribution in [2.24, 2.45) is 5.73 Å². The lowest BCUT2D eigenvalue weighted by Gasteiger charge is -2.20. The van der Waals surface area contributed by atoms with Crippen LogP contribution in [0, 0.1) is 0 Å². The van der Waals surface area contributed by atoms with Crippen LogP contribution in [0.3, 0.4) is 0 Å². The van der Waals surface area contributed by atoms with E-state index in [1.165, 1.54) is 12.1 Å². The van der Waals surface area contributed by atoms with E-state index in [1.54, 1.807) is 32.9 Å². The van der Waals surface area contributed by atoms with Crippen LogP contribution in [0.15, 0.2) is 24.3 Å². The van der Waals surface area contributed by atoms with Gasteiger partial charge in [-0.1, -0.05) is 12.1 Å². The lowest BCUT2D eigenvalue weighted by Crippen LogP contribution is -2.28. The second-order valence-corrected chi connectivity index (χ2v) is 6.06. The molecule has 1 atom stereocenters. The normalized spacial score (nSPS) is 24.1. The minimum atomic E-state index is -2.89. The second-order valence-electron chi connectivity index (χ2n) is 6.06. The molecule has 4 nitrogen and oxygen atoms in total. The largest absolute Gasteiger partial charge is 0.444 e. The molecule has 1 saturated carbocycles. The summed E-state index contributed by atoms with van der Waals surface area (Å²) in [4.78, 5) is 11.6. The van der Waals surface area contributed by atoms with Crippen molar-refractivity contribution >= 4 is 11.8 Å². The van der Waals surface area contributed by atoms with E-state index >= 15 is 0 Å². The maximum Gasteiger partial charge on any atom is 0.412 e. The van der Waals surface area contributed by atoms with Gasteiger partial charge in [0, 0.05) is 12.1 Å². The summed E-state index contributed by atoms with van der Waals surface area (Å²) in [5.74, 6) is -2.89. The standard InChI is InChI=1S/C14H18F2N2O2/c1-12(2,3)20-11(19)18-10-6-4-5-9(7-10)13(17)8-14(13,15)16/h4-7H,8,17H2,1-3H3,(H,18,19). The number of halogens is 2. The number of nitrogens with two attached hydrogens (primary N) is 1. The van der Waals surface area contributed by atoms with Gasteiger partial charge in [-0.05, 0) is 38.5 Å². The number of ether oxygens (including phenoxy) is 1. The van der Waals surface area contributed by atoms with Crippen molar-refractivity contribution in [3.63, 3.8) is 0 Å². The third-order valence-corrected chi connectivity index (χ3v) is 3.05. The molecule has 1 fully saturated rings. The molecule has 3 N–H and O–H groups in total. The minimum absolute atomic E-state index is 0.302. The summed E-state index contributed by atoms with van der Waals surface area (Å²) in [7, 11) is 0. The van der Waals surface area contributed by atoms with Gasteiger partial charge >= 0.3 is 6.09 Å². The lowest BCUT2D eigenvalue weighted by atomic mass is 10.0. The topological polar surface area (TPSA) is 64.3 Å². The molecule has 1 aromatic rings. The van der Waals surface area contributed by atoms with Gasteiger partial charge in [-0.25, -0.2) is 13.6 Å². The molecule has 20 heavy (non-hydrogen) atoms. The van der Waals surface area contributed by atoms with Crippen LogP contribution in [0.5, 0.6) is 0 Å². The number of hydrogen-bond donors (Lipinski definition) is 2. The van der Waals surface area contributed by atoms with Crippen molar-refractivity contribution in [1.82, 2.24) is 0 Å². The number of hydrogen-bond acceptors (Lipinski definition) is 3. The molecule has 0 bridgehead atoms. The average molecular weight is 284 g/mol. The lowest BCUT2D eigenvalue weighted by molar-refractivity contribution is 0.0636. The maximum absolute atomic E-state index is 13.2. The average Bonchev–Trinajstić information content (AvgIpc) is 2.77. The molecule has 0 aromatic heterocycles. The van der Waals surface area contributed by atoms with Crippen molar-refractivity contribution < 1.29 is 18.3 Å². The first-order valence-corrected chi connectivity index (χ1v) is 6.31. The third-order valence-electron chi connectivity index (χ3n) is 3.05. The molecule has 0 spiro atoms. The monoisotopic (exact) mass is 284 g/mol. The van der Waals surface area contributed by atoms with Gasteiger partial charge in [0.2, 0.25) is 0 Å². The Labute approximate surface area is 116 Å². The Balaban J connectivity index is 2.10. The van der Waals surface area contributed by atoms with Crippen LogP contribution in [0.1, 0.15) is 32.8 Å². The molecule has 1 unspecified atom stereocenters. The fraction of sp³-hybridized carbons (Fsp3) is 0.500. The summed E-state index contributed by atoms with van der Waals surface area (Å²) in [6.45, 7) is 5.22. The molecule has 1 amide bonds. The summed E-state index contributed by atoms with van der Waals surface area (Å²) in [5, 5.41) is 2.50. The van der Waals surface area contributed by atoms with Crippen LogP contribution in [-0.2, 0) is 10.3 Å². The summed E-state index contributed by atoms with van der Waals surface area (Å²) in [6, 6.07) is 6.15. The molecule has 110 valence electrons. The molecule has 1 aromatic carbocycles. The zero-order valence-electron chi connectivity index (χ0n) is 11.7. The van der Waals surface area contributed by atoms with Gasteiger partial charge in [0.05, 0.1) is 0 Å². The van der Waals surface area contributed by atoms with E-state index in [-0.39, 0.29) is 6.42 Å². The Morgan fingerprint density at radius 3 is 2.50 bits per heavy atom. The van der Waals surface area contributed by atoms with Gasteiger partial charge in [-0.2, -0.15) is 0 Å². The van der Waals surface area contributed by atoms with Gasteiger partial charge in [0.1, 0.15) is 11.1 Å². The van der Waals surface area contributed by atoms with Crippen molar-refractivity contribution in [1.29, 1.82) is 0 Å². The molecular formula is C14H18F2N2O2. The highest BCUT2D eigenvalue weighted by atomic mass is 19.3. The number of nitrogens with one attached hydrogen (secondary N) is 1. The van der Waals surface area contributed by atoms with Crippen molar-refractivity contribution in [3.05, 3.63) is 29.8 Å². The second kappa shape index (κ2) is 4.41. The molecule has 6 heteroatoms. The van der Waals surface area contributed by atoms with E-state index in [9.17, 15) is 13.6 Å². The van der Waals surface area contributed by atoms with Gasteiger partial charge in [-0.3, -0.25) is 5.32 Å². The molecule has 1 aliphatic rings. The van der Waals surface area contributed by atoms with Crippen LogP contribution in [0.25, 0.3) is 0 Å². The highest BCUT2D eigenvalue weighted by Gasteiger charge is 2.69. The summed E-state index contributed by atoms with van der Waals surface area (Å²) in [5.41, 5.74) is 4.08. The molecule has 2 rings (SSSR count). The predicted octanol–water partition coefficient (Wildman–Crippen LogP) is 3.23. The number of benzene rings is 1. The van der Waals surface area contributed by atoms with Crippen molar-refractivity contribution in [3.8, 4) is 0 Å². The number of anilines is 1. The van der Waals surface area contributed by atoms with E-state index in [0.29, 0.717) is 11.3 Å². The molecule has 0 saturated heterocycles. The highest BCUT2D eigenvalue weighted by Crippen LogP contribution is 2.57. The first-order chi connectivity index (χ1) is 9.03. The SMILES string of the molecule is CC(C)(C)OC(=O)Nc1cccc(C2(N)CC2(F)F)c1. The Morgan fingerprint density at radius 1 is 1.40 bits per heavy atom. The molecule has 0 heterocycles. The van der Waals surface area contributed by atoms with E-state index in [2.05, 4.69) is 5.32 Å². The van der Waals surface area contributed by atoms with Gasteiger partial charge < -0.3 is 10.5 Å². The minimum Gasteiger partial charge on any atom is -0.444 e. The van der Waals surface area contributed by atoms with Crippen LogP contribution >= 0.6 is 0 Å². The smallest absolute Gasteiger partial charge is 0.412 e. The number of carbonyl (C=O) groups excluding carboxylic acids is 1. The van der Waals surface area contributed by atoms with Crippen LogP contribution in [0.4, 0.5) is 19.3 Å². The fourth-order valence-corrected chi connectivity index (χ4v) is 1.92. The first-order valence-electron chi connectivity index (χ1n) is 6.31. The first kappa shape index (κ1) is 14.7. The summed E-state index contributed by atoms with van der Waals surface area (Å²) in [6.07, 6.45) is -1.01. The van der Waals surface area contributed by atoms with Crippen molar-refractivity contribution in [2.75, 3.05) is 5.32 Å². The fourth-order valence-electron chi connectivity index (χ4n) is 1.92. The number of carbonyl (C=O) groups is 1. The molecule has 0 radical (unpaired) electrons. The summed E-state index contributed by atoms with van der Waals surface area (Å²) >= 11 is 0. The maximum atomic E-state index is 13.2. The number of alkyl halides is 2. The zero-order valence-corrected chi connectivity index (χ0v) is 11.7. The highest BCUT2D eigenvalue weighted by molar-refractivity contribution is 5.85. The van der Waals surface area contributed by atoms with Gasteiger partial charge in [-0.15, -0.1) is 0 Å². The Kier molecular flexibility index (Phi) is 3.25. The van der Waals surface area contributed by atoms with Crippen molar-refractivity contribution in [2.45, 2.75) is 44.3 Å². The Morgan fingerprint density at radius 2 is 2.00 bits per heavy atom. The van der Waals surface area contributed by atoms with Crippen LogP contribution < -0.4 is 11.1 Å². The number of rotatable bonds is 2. The third kappa shape index (κ3) is 2.90. The van der Waals surface area contributed by atoms with Gasteiger partial charge in [0.15, 0.2) is 0 Å². The zero-order chi connectivity index (χ0) is 15.2. The Hall–Kier alpha value is -1.69. The molecule has 1 aliphatic carbocycles. The quantitative estimate of drug-likeness (QED) is 0.876. The molecular weight excluding hydrogens is 266 g/mol. The van der Waals surface area contributed by atoms with E-state index in [0.717, 1.165) is 0 Å².